The molecule has 0 aliphatic carbocycles. The number of rotatable bonds is 3. The highest BCUT2D eigenvalue weighted by Crippen LogP contribution is 2.33. The maximum absolute atomic E-state index is 13.4. The molecule has 0 radical (unpaired) electrons. The average Bonchev–Trinajstić information content (AvgIpc) is 2.20. The summed E-state index contributed by atoms with van der Waals surface area (Å²) in [5.74, 6) is -1.05. The lowest BCUT2D eigenvalue weighted by Crippen LogP contribution is -2.29. The number of aryl methyl sites for hydroxylation is 1. The molecular formula is C12H15FO3. The van der Waals surface area contributed by atoms with Crippen molar-refractivity contribution in [2.75, 3.05) is 7.11 Å². The number of halogens is 1. The normalized spacial score (nSPS) is 11.3. The van der Waals surface area contributed by atoms with Crippen molar-refractivity contribution in [3.63, 3.8) is 0 Å². The zero-order chi connectivity index (χ0) is 12.5. The van der Waals surface area contributed by atoms with Crippen LogP contribution in [-0.4, -0.2) is 18.2 Å². The molecule has 0 unspecified atom stereocenters. The van der Waals surface area contributed by atoms with Crippen LogP contribution in [0.1, 0.15) is 25.0 Å². The minimum atomic E-state index is -1.18. The van der Waals surface area contributed by atoms with Crippen LogP contribution in [0.15, 0.2) is 12.1 Å². The number of methoxy groups -OCH3 is 1. The van der Waals surface area contributed by atoms with Crippen molar-refractivity contribution >= 4 is 5.97 Å². The van der Waals surface area contributed by atoms with Crippen molar-refractivity contribution in [3.8, 4) is 5.75 Å². The SMILES string of the molecule is COc1cc(C)c(F)cc1C(C)(C)C(=O)O. The third kappa shape index (κ3) is 2.01. The van der Waals surface area contributed by atoms with Gasteiger partial charge in [0.05, 0.1) is 12.5 Å². The van der Waals surface area contributed by atoms with E-state index in [1.165, 1.54) is 33.1 Å². The minimum Gasteiger partial charge on any atom is -0.496 e. The van der Waals surface area contributed by atoms with Crippen LogP contribution in [0.3, 0.4) is 0 Å². The van der Waals surface area contributed by atoms with E-state index in [-0.39, 0.29) is 0 Å². The first kappa shape index (κ1) is 12.5. The fraction of sp³-hybridized carbons (Fsp3) is 0.417. The highest BCUT2D eigenvalue weighted by Gasteiger charge is 2.33. The molecule has 1 N–H and O–H groups in total. The molecule has 0 atom stereocenters. The summed E-state index contributed by atoms with van der Waals surface area (Å²) in [5.41, 5.74) is -0.410. The van der Waals surface area contributed by atoms with Gasteiger partial charge in [0.15, 0.2) is 0 Å². The van der Waals surface area contributed by atoms with Crippen molar-refractivity contribution in [2.24, 2.45) is 0 Å². The Morgan fingerprint density at radius 1 is 1.44 bits per heavy atom. The number of hydrogen-bond acceptors (Lipinski definition) is 2. The van der Waals surface area contributed by atoms with Crippen LogP contribution in [0.5, 0.6) is 5.75 Å². The zero-order valence-corrected chi connectivity index (χ0v) is 9.80. The van der Waals surface area contributed by atoms with Crippen LogP contribution in [0, 0.1) is 12.7 Å². The lowest BCUT2D eigenvalue weighted by molar-refractivity contribution is -0.142. The van der Waals surface area contributed by atoms with Crippen molar-refractivity contribution in [1.29, 1.82) is 0 Å². The van der Waals surface area contributed by atoms with E-state index in [4.69, 9.17) is 9.84 Å². The Balaban J connectivity index is 3.43. The summed E-state index contributed by atoms with van der Waals surface area (Å²) in [6.45, 7) is 4.64. The Morgan fingerprint density at radius 3 is 2.44 bits per heavy atom. The summed E-state index contributed by atoms with van der Waals surface area (Å²) in [4.78, 5) is 11.1. The quantitative estimate of drug-likeness (QED) is 0.861. The molecule has 0 fully saturated rings. The Labute approximate surface area is 93.9 Å². The van der Waals surface area contributed by atoms with E-state index in [2.05, 4.69) is 0 Å². The molecule has 1 rings (SSSR count). The van der Waals surface area contributed by atoms with E-state index in [1.54, 1.807) is 6.92 Å². The Morgan fingerprint density at radius 2 is 2.00 bits per heavy atom. The second-order valence-corrected chi connectivity index (χ2v) is 4.23. The van der Waals surface area contributed by atoms with Gasteiger partial charge in [-0.1, -0.05) is 0 Å². The van der Waals surface area contributed by atoms with Crippen molar-refractivity contribution in [3.05, 3.63) is 29.1 Å². The van der Waals surface area contributed by atoms with Crippen LogP contribution in [-0.2, 0) is 10.2 Å². The van der Waals surface area contributed by atoms with Crippen molar-refractivity contribution in [2.45, 2.75) is 26.2 Å². The van der Waals surface area contributed by atoms with E-state index in [0.717, 1.165) is 0 Å². The maximum atomic E-state index is 13.4. The van der Waals surface area contributed by atoms with E-state index >= 15 is 0 Å². The van der Waals surface area contributed by atoms with E-state index in [0.29, 0.717) is 16.9 Å². The standard InChI is InChI=1S/C12H15FO3/c1-7-5-10(16-4)8(6-9(7)13)12(2,3)11(14)15/h5-6H,1-4H3,(H,14,15). The number of aliphatic carboxylic acids is 1. The molecule has 4 heteroatoms. The molecule has 0 amide bonds. The first-order chi connectivity index (χ1) is 7.30. The van der Waals surface area contributed by atoms with Gasteiger partial charge < -0.3 is 9.84 Å². The van der Waals surface area contributed by atoms with Gasteiger partial charge >= 0.3 is 5.97 Å². The van der Waals surface area contributed by atoms with Gasteiger partial charge in [-0.15, -0.1) is 0 Å². The molecule has 0 aromatic heterocycles. The predicted octanol–water partition coefficient (Wildman–Crippen LogP) is 2.50. The number of carboxylic acids is 1. The molecule has 3 nitrogen and oxygen atoms in total. The number of carbonyl (C=O) groups is 1. The highest BCUT2D eigenvalue weighted by atomic mass is 19.1. The lowest BCUT2D eigenvalue weighted by Gasteiger charge is -2.22. The number of carboxylic acid groups (broad SMARTS) is 1. The fourth-order valence-corrected chi connectivity index (χ4v) is 1.43. The molecule has 1 aromatic rings. The fourth-order valence-electron chi connectivity index (χ4n) is 1.43. The summed E-state index contributed by atoms with van der Waals surface area (Å²) in [6, 6.07) is 2.73. The summed E-state index contributed by atoms with van der Waals surface area (Å²) in [5, 5.41) is 9.10. The first-order valence-corrected chi connectivity index (χ1v) is 4.88. The molecule has 0 spiro atoms. The first-order valence-electron chi connectivity index (χ1n) is 4.88. The second-order valence-electron chi connectivity index (χ2n) is 4.23. The van der Waals surface area contributed by atoms with Crippen LogP contribution in [0.2, 0.25) is 0 Å². The third-order valence-corrected chi connectivity index (χ3v) is 2.69. The molecule has 1 aromatic carbocycles. The van der Waals surface area contributed by atoms with Gasteiger partial charge in [-0.05, 0) is 38.5 Å². The molecule has 0 saturated carbocycles. The number of hydrogen-bond donors (Lipinski definition) is 1. The van der Waals surface area contributed by atoms with Gasteiger partial charge in [-0.25, -0.2) is 4.39 Å². The zero-order valence-electron chi connectivity index (χ0n) is 9.80. The average molecular weight is 226 g/mol. The van der Waals surface area contributed by atoms with Crippen LogP contribution in [0.25, 0.3) is 0 Å². The highest BCUT2D eigenvalue weighted by molar-refractivity contribution is 5.81. The molecule has 0 heterocycles. The van der Waals surface area contributed by atoms with Crippen molar-refractivity contribution < 1.29 is 19.0 Å². The molecule has 0 bridgehead atoms. The van der Waals surface area contributed by atoms with Gasteiger partial charge in [-0.3, -0.25) is 4.79 Å². The molecule has 0 aliphatic heterocycles. The Hall–Kier alpha value is -1.58. The van der Waals surface area contributed by atoms with Gasteiger partial charge in [-0.2, -0.15) is 0 Å². The van der Waals surface area contributed by atoms with Crippen LogP contribution >= 0.6 is 0 Å². The predicted molar refractivity (Wildman–Crippen MR) is 58.4 cm³/mol. The Bertz CT molecular complexity index is 425. The molecular weight excluding hydrogens is 211 g/mol. The van der Waals surface area contributed by atoms with E-state index < -0.39 is 17.2 Å². The molecule has 0 aliphatic rings. The van der Waals surface area contributed by atoms with Gasteiger partial charge in [0.1, 0.15) is 11.6 Å². The maximum Gasteiger partial charge on any atom is 0.313 e. The van der Waals surface area contributed by atoms with Crippen LogP contribution < -0.4 is 4.74 Å². The Kier molecular flexibility index (Phi) is 3.21. The van der Waals surface area contributed by atoms with E-state index in [1.807, 2.05) is 0 Å². The second kappa shape index (κ2) is 4.12. The monoisotopic (exact) mass is 226 g/mol. The van der Waals surface area contributed by atoms with Crippen molar-refractivity contribution in [1.82, 2.24) is 0 Å². The minimum absolute atomic E-state index is 0.339. The summed E-state index contributed by atoms with van der Waals surface area (Å²) >= 11 is 0. The summed E-state index contributed by atoms with van der Waals surface area (Å²) in [6.07, 6.45) is 0. The van der Waals surface area contributed by atoms with Gasteiger partial charge in [0.25, 0.3) is 0 Å². The largest absolute Gasteiger partial charge is 0.496 e. The van der Waals surface area contributed by atoms with E-state index in [9.17, 15) is 9.18 Å². The molecule has 88 valence electrons. The smallest absolute Gasteiger partial charge is 0.313 e. The topological polar surface area (TPSA) is 46.5 Å². The summed E-state index contributed by atoms with van der Waals surface area (Å²) < 4.78 is 18.5. The van der Waals surface area contributed by atoms with Gasteiger partial charge in [0, 0.05) is 5.56 Å². The number of ether oxygens (including phenoxy) is 1. The third-order valence-electron chi connectivity index (χ3n) is 2.69. The number of benzene rings is 1. The lowest BCUT2D eigenvalue weighted by atomic mass is 9.83. The molecule has 16 heavy (non-hydrogen) atoms. The summed E-state index contributed by atoms with van der Waals surface area (Å²) in [7, 11) is 1.44. The van der Waals surface area contributed by atoms with Gasteiger partial charge in [0.2, 0.25) is 0 Å². The molecule has 0 saturated heterocycles. The van der Waals surface area contributed by atoms with Crippen LogP contribution in [0.4, 0.5) is 4.39 Å².